The van der Waals surface area contributed by atoms with E-state index in [0.717, 1.165) is 5.92 Å². The number of carbonyl (C=O) groups excluding carboxylic acids is 1. The molecule has 0 N–H and O–H groups in total. The van der Waals surface area contributed by atoms with Crippen molar-refractivity contribution in [3.8, 4) is 0 Å². The average molecular weight is 252 g/mol. The molecule has 0 saturated carbocycles. The van der Waals surface area contributed by atoms with Crippen molar-refractivity contribution in [3.05, 3.63) is 24.3 Å². The Morgan fingerprint density at radius 2 is 1.72 bits per heavy atom. The third-order valence-corrected chi connectivity index (χ3v) is 2.36. The zero-order chi connectivity index (χ0) is 14.4. The van der Waals surface area contributed by atoms with Crippen molar-refractivity contribution in [3.63, 3.8) is 0 Å². The van der Waals surface area contributed by atoms with Gasteiger partial charge in [-0.1, -0.05) is 53.9 Å². The highest BCUT2D eigenvalue weighted by Crippen LogP contribution is 2.07. The molecular weight excluding hydrogens is 224 g/mol. The molecule has 0 aliphatic rings. The van der Waals surface area contributed by atoms with E-state index in [1.165, 1.54) is 26.2 Å². The van der Waals surface area contributed by atoms with Crippen molar-refractivity contribution in [2.75, 3.05) is 0 Å². The first-order valence-corrected chi connectivity index (χ1v) is 6.89. The zero-order valence-corrected chi connectivity index (χ0v) is 12.7. The molecule has 0 spiro atoms. The zero-order valence-electron chi connectivity index (χ0n) is 12.7. The molecule has 0 aliphatic heterocycles. The molecule has 1 aromatic rings. The van der Waals surface area contributed by atoms with Crippen LogP contribution in [0.4, 0.5) is 0 Å². The largest absolute Gasteiger partial charge is 0.291 e. The molecule has 1 heterocycles. The van der Waals surface area contributed by atoms with Gasteiger partial charge in [-0.25, -0.2) is 9.97 Å². The molecule has 104 valence electrons. The van der Waals surface area contributed by atoms with Crippen molar-refractivity contribution >= 4 is 5.78 Å². The maximum Gasteiger partial charge on any atom is 0.196 e. The highest BCUT2D eigenvalue weighted by molar-refractivity contribution is 5.89. The second-order valence-corrected chi connectivity index (χ2v) is 3.93. The van der Waals surface area contributed by atoms with Gasteiger partial charge in [0.05, 0.1) is 0 Å². The van der Waals surface area contributed by atoms with Crippen LogP contribution in [0.25, 0.3) is 0 Å². The Morgan fingerprint density at radius 3 is 1.94 bits per heavy atom. The summed E-state index contributed by atoms with van der Waals surface area (Å²) in [5.74, 6) is 1.12. The number of Topliss-reactive ketones (excluding diaryl/α,β-unsaturated/α-hetero) is 1. The van der Waals surface area contributed by atoms with Gasteiger partial charge in [-0.2, -0.15) is 0 Å². The van der Waals surface area contributed by atoms with E-state index in [1.807, 2.05) is 13.8 Å². The summed E-state index contributed by atoms with van der Waals surface area (Å²) in [5, 5.41) is 0. The summed E-state index contributed by atoms with van der Waals surface area (Å²) in [6.45, 7) is 12.2. The van der Waals surface area contributed by atoms with Gasteiger partial charge in [-0.3, -0.25) is 4.79 Å². The first-order chi connectivity index (χ1) is 8.61. The van der Waals surface area contributed by atoms with Gasteiger partial charge in [0, 0.05) is 19.3 Å². The quantitative estimate of drug-likeness (QED) is 0.739. The van der Waals surface area contributed by atoms with E-state index in [0.29, 0.717) is 0 Å². The van der Waals surface area contributed by atoms with E-state index in [4.69, 9.17) is 0 Å². The molecule has 1 atom stereocenters. The molecule has 0 aliphatic carbocycles. The summed E-state index contributed by atoms with van der Waals surface area (Å²) in [7, 11) is 0. The standard InChI is InChI=1S/C7H16.C6H6N2O.C2H6/c1-4-6-7(3)5-2;1-5(9)6-7-3-2-4-8-6;1-2/h7H,4-6H2,1-3H3;2-4H,1H3;1-2H3. The van der Waals surface area contributed by atoms with Crippen LogP contribution in [0.3, 0.4) is 0 Å². The van der Waals surface area contributed by atoms with Crippen LogP contribution in [0.2, 0.25) is 0 Å². The van der Waals surface area contributed by atoms with E-state index in [9.17, 15) is 4.79 Å². The smallest absolute Gasteiger partial charge is 0.196 e. The summed E-state index contributed by atoms with van der Waals surface area (Å²) < 4.78 is 0. The second-order valence-electron chi connectivity index (χ2n) is 3.93. The average Bonchev–Trinajstić information content (AvgIpc) is 2.43. The monoisotopic (exact) mass is 252 g/mol. The number of nitrogens with zero attached hydrogens (tertiary/aromatic N) is 2. The van der Waals surface area contributed by atoms with E-state index >= 15 is 0 Å². The van der Waals surface area contributed by atoms with Crippen LogP contribution < -0.4 is 0 Å². The van der Waals surface area contributed by atoms with Crippen LogP contribution in [0, 0.1) is 5.92 Å². The number of hydrogen-bond acceptors (Lipinski definition) is 3. The minimum Gasteiger partial charge on any atom is -0.291 e. The maximum absolute atomic E-state index is 10.5. The number of carbonyl (C=O) groups is 1. The van der Waals surface area contributed by atoms with Gasteiger partial charge in [-0.15, -0.1) is 0 Å². The van der Waals surface area contributed by atoms with Crippen LogP contribution >= 0.6 is 0 Å². The van der Waals surface area contributed by atoms with Crippen molar-refractivity contribution in [1.82, 2.24) is 9.97 Å². The van der Waals surface area contributed by atoms with Gasteiger partial charge in [0.1, 0.15) is 0 Å². The van der Waals surface area contributed by atoms with E-state index < -0.39 is 0 Å². The van der Waals surface area contributed by atoms with Gasteiger partial charge in [0.15, 0.2) is 11.6 Å². The number of ketones is 1. The Hall–Kier alpha value is -1.25. The normalized spacial score (nSPS) is 10.3. The summed E-state index contributed by atoms with van der Waals surface area (Å²) in [6, 6.07) is 1.67. The molecular formula is C15H28N2O. The molecule has 0 amide bonds. The van der Waals surface area contributed by atoms with E-state index in [-0.39, 0.29) is 11.6 Å². The lowest BCUT2D eigenvalue weighted by Gasteiger charge is -2.02. The molecule has 0 saturated heterocycles. The molecule has 3 nitrogen and oxygen atoms in total. The summed E-state index contributed by atoms with van der Waals surface area (Å²) in [5.41, 5.74) is 0. The molecule has 1 aromatic heterocycles. The molecule has 1 unspecified atom stereocenters. The van der Waals surface area contributed by atoms with Crippen LogP contribution in [0.5, 0.6) is 0 Å². The summed E-state index contributed by atoms with van der Waals surface area (Å²) in [4.78, 5) is 18.0. The Bertz CT molecular complexity index is 286. The second kappa shape index (κ2) is 13.8. The highest BCUT2D eigenvalue weighted by atomic mass is 16.1. The topological polar surface area (TPSA) is 42.9 Å². The summed E-state index contributed by atoms with van der Waals surface area (Å²) in [6.07, 6.45) is 7.17. The molecule has 18 heavy (non-hydrogen) atoms. The minimum absolute atomic E-state index is 0.101. The van der Waals surface area contributed by atoms with Crippen LogP contribution in [-0.4, -0.2) is 15.8 Å². The minimum atomic E-state index is -0.101. The van der Waals surface area contributed by atoms with Crippen molar-refractivity contribution in [2.45, 2.75) is 60.8 Å². The molecule has 0 radical (unpaired) electrons. The fourth-order valence-electron chi connectivity index (χ4n) is 1.18. The van der Waals surface area contributed by atoms with Crippen LogP contribution in [0.1, 0.15) is 71.4 Å². The SMILES string of the molecule is CC.CC(=O)c1ncccn1.CCCC(C)CC. The highest BCUT2D eigenvalue weighted by Gasteiger charge is 1.97. The first-order valence-electron chi connectivity index (χ1n) is 6.89. The van der Waals surface area contributed by atoms with E-state index in [2.05, 4.69) is 30.7 Å². The van der Waals surface area contributed by atoms with Crippen molar-refractivity contribution < 1.29 is 4.79 Å². The third kappa shape index (κ3) is 11.2. The van der Waals surface area contributed by atoms with Crippen molar-refractivity contribution in [1.29, 1.82) is 0 Å². The predicted molar refractivity (Wildman–Crippen MR) is 77.7 cm³/mol. The molecule has 1 rings (SSSR count). The Kier molecular flexibility index (Phi) is 14.7. The Balaban J connectivity index is 0. The van der Waals surface area contributed by atoms with Crippen LogP contribution in [-0.2, 0) is 0 Å². The molecule has 3 heteroatoms. The number of rotatable bonds is 4. The van der Waals surface area contributed by atoms with Gasteiger partial charge in [0.2, 0.25) is 0 Å². The fraction of sp³-hybridized carbons (Fsp3) is 0.667. The molecule has 0 aromatic carbocycles. The summed E-state index contributed by atoms with van der Waals surface area (Å²) >= 11 is 0. The maximum atomic E-state index is 10.5. The number of aromatic nitrogens is 2. The van der Waals surface area contributed by atoms with Gasteiger partial charge in [0.25, 0.3) is 0 Å². The van der Waals surface area contributed by atoms with Crippen molar-refractivity contribution in [2.24, 2.45) is 5.92 Å². The number of hydrogen-bond donors (Lipinski definition) is 0. The van der Waals surface area contributed by atoms with E-state index in [1.54, 1.807) is 18.5 Å². The van der Waals surface area contributed by atoms with Gasteiger partial charge in [-0.05, 0) is 12.0 Å². The third-order valence-electron chi connectivity index (χ3n) is 2.36. The lowest BCUT2D eigenvalue weighted by atomic mass is 10.0. The fourth-order valence-corrected chi connectivity index (χ4v) is 1.18. The molecule has 0 fully saturated rings. The molecule has 0 bridgehead atoms. The lowest BCUT2D eigenvalue weighted by molar-refractivity contribution is 0.100. The van der Waals surface area contributed by atoms with Gasteiger partial charge < -0.3 is 0 Å². The lowest BCUT2D eigenvalue weighted by Crippen LogP contribution is -1.98. The van der Waals surface area contributed by atoms with Crippen LogP contribution in [0.15, 0.2) is 18.5 Å². The predicted octanol–water partition coefficient (Wildman–Crippen LogP) is 4.54. The first kappa shape index (κ1) is 19.1. The Morgan fingerprint density at radius 1 is 1.22 bits per heavy atom. The van der Waals surface area contributed by atoms with Gasteiger partial charge >= 0.3 is 0 Å². The Labute approximate surface area is 112 Å².